The number of nitrogens with zero attached hydrogens (tertiary/aromatic N) is 1. The van der Waals surface area contributed by atoms with Gasteiger partial charge in [0, 0.05) is 10.8 Å². The van der Waals surface area contributed by atoms with Crippen LogP contribution in [-0.2, 0) is 0 Å². The molecular weight excluding hydrogens is 276 g/mol. The minimum atomic E-state index is -0.0785. The average molecular weight is 290 g/mol. The third-order valence-corrected chi connectivity index (χ3v) is 3.90. The molecule has 0 saturated heterocycles. The minimum absolute atomic E-state index is 0.0785. The summed E-state index contributed by atoms with van der Waals surface area (Å²) in [6.07, 6.45) is 0. The van der Waals surface area contributed by atoms with Crippen molar-refractivity contribution >= 4 is 21.7 Å². The van der Waals surface area contributed by atoms with Crippen LogP contribution in [0.15, 0.2) is 65.5 Å². The molecule has 0 atom stereocenters. The lowest BCUT2D eigenvalue weighted by Crippen LogP contribution is -2.13. The van der Waals surface area contributed by atoms with Crippen LogP contribution in [-0.4, -0.2) is 16.9 Å². The molecule has 0 aliphatic heterocycles. The molecule has 1 N–H and O–H groups in total. The van der Waals surface area contributed by atoms with Crippen molar-refractivity contribution in [1.29, 1.82) is 0 Å². The van der Waals surface area contributed by atoms with Gasteiger partial charge in [-0.25, -0.2) is 4.68 Å². The van der Waals surface area contributed by atoms with Gasteiger partial charge in [-0.05, 0) is 18.2 Å². The van der Waals surface area contributed by atoms with Gasteiger partial charge >= 0.3 is 0 Å². The lowest BCUT2D eigenvalue weighted by molar-refractivity contribution is 0.420. The van der Waals surface area contributed by atoms with E-state index >= 15 is 0 Å². The molecule has 0 bridgehead atoms. The highest BCUT2D eigenvalue weighted by Gasteiger charge is 2.14. The number of aromatic amines is 1. The molecule has 1 heterocycles. The third kappa shape index (κ3) is 1.74. The van der Waals surface area contributed by atoms with Crippen LogP contribution in [0.1, 0.15) is 0 Å². The fourth-order valence-electron chi connectivity index (χ4n) is 2.84. The van der Waals surface area contributed by atoms with E-state index in [2.05, 4.69) is 5.10 Å². The first-order chi connectivity index (χ1) is 10.8. The number of nitrogens with one attached hydrogen (secondary N) is 1. The Kier molecular flexibility index (Phi) is 2.76. The lowest BCUT2D eigenvalue weighted by atomic mass is 10.1. The fourth-order valence-corrected chi connectivity index (χ4v) is 2.84. The van der Waals surface area contributed by atoms with Crippen molar-refractivity contribution in [3.8, 4) is 11.4 Å². The second kappa shape index (κ2) is 4.77. The summed E-state index contributed by atoms with van der Waals surface area (Å²) in [5.74, 6) is 0.708. The largest absolute Gasteiger partial charge is 0.496 e. The average Bonchev–Trinajstić information content (AvgIpc) is 2.92. The number of benzene rings is 3. The van der Waals surface area contributed by atoms with Crippen molar-refractivity contribution in [2.45, 2.75) is 0 Å². The Hall–Kier alpha value is -3.01. The Labute approximate surface area is 126 Å². The molecule has 0 aliphatic rings. The van der Waals surface area contributed by atoms with E-state index < -0.39 is 0 Å². The van der Waals surface area contributed by atoms with Crippen molar-refractivity contribution in [3.63, 3.8) is 0 Å². The van der Waals surface area contributed by atoms with Gasteiger partial charge in [0.15, 0.2) is 0 Å². The molecule has 4 rings (SSSR count). The molecule has 4 heteroatoms. The predicted octanol–water partition coefficient (Wildman–Crippen LogP) is 3.48. The van der Waals surface area contributed by atoms with Gasteiger partial charge in [-0.15, -0.1) is 0 Å². The predicted molar refractivity (Wildman–Crippen MR) is 88.0 cm³/mol. The van der Waals surface area contributed by atoms with Gasteiger partial charge in [-0.3, -0.25) is 9.89 Å². The molecule has 4 aromatic rings. The standard InChI is InChI=1S/C18H14N2O2/c1-22-16-11-15-17(14-10-6-5-9-13(14)16)19-20(18(15)21)12-7-3-2-4-8-12/h2-11,19H,1H3. The number of fused-ring (bicyclic) bond motifs is 3. The van der Waals surface area contributed by atoms with Crippen LogP contribution in [0.3, 0.4) is 0 Å². The SMILES string of the molecule is COc1cc2c(=O)n(-c3ccccc3)[nH]c2c2ccccc12. The Balaban J connectivity index is 2.15. The molecule has 0 aliphatic carbocycles. The van der Waals surface area contributed by atoms with Crippen LogP contribution in [0.5, 0.6) is 5.75 Å². The van der Waals surface area contributed by atoms with Crippen LogP contribution in [0.2, 0.25) is 0 Å². The molecule has 1 aromatic heterocycles. The van der Waals surface area contributed by atoms with Crippen molar-refractivity contribution in [1.82, 2.24) is 9.78 Å². The summed E-state index contributed by atoms with van der Waals surface area (Å²) >= 11 is 0. The van der Waals surface area contributed by atoms with E-state index in [1.165, 1.54) is 0 Å². The number of ether oxygens (including phenoxy) is 1. The number of methoxy groups -OCH3 is 1. The van der Waals surface area contributed by atoms with Crippen LogP contribution < -0.4 is 10.3 Å². The zero-order valence-electron chi connectivity index (χ0n) is 12.0. The van der Waals surface area contributed by atoms with Crippen LogP contribution in [0.4, 0.5) is 0 Å². The highest BCUT2D eigenvalue weighted by molar-refractivity contribution is 6.08. The number of rotatable bonds is 2. The van der Waals surface area contributed by atoms with Gasteiger partial charge in [-0.2, -0.15) is 0 Å². The highest BCUT2D eigenvalue weighted by Crippen LogP contribution is 2.31. The normalized spacial score (nSPS) is 11.1. The van der Waals surface area contributed by atoms with E-state index in [1.807, 2.05) is 54.6 Å². The van der Waals surface area contributed by atoms with Crippen LogP contribution in [0.25, 0.3) is 27.4 Å². The van der Waals surface area contributed by atoms with Gasteiger partial charge in [0.25, 0.3) is 5.56 Å². The second-order valence-corrected chi connectivity index (χ2v) is 5.13. The van der Waals surface area contributed by atoms with E-state index in [9.17, 15) is 4.79 Å². The van der Waals surface area contributed by atoms with Crippen LogP contribution >= 0.6 is 0 Å². The molecule has 0 amide bonds. The summed E-state index contributed by atoms with van der Waals surface area (Å²) in [5.41, 5.74) is 1.56. The third-order valence-electron chi connectivity index (χ3n) is 3.90. The van der Waals surface area contributed by atoms with E-state index in [1.54, 1.807) is 17.9 Å². The lowest BCUT2D eigenvalue weighted by Gasteiger charge is -2.05. The molecule has 4 nitrogen and oxygen atoms in total. The van der Waals surface area contributed by atoms with Crippen molar-refractivity contribution < 1.29 is 4.74 Å². The number of aromatic nitrogens is 2. The monoisotopic (exact) mass is 290 g/mol. The summed E-state index contributed by atoms with van der Waals surface area (Å²) in [6.45, 7) is 0. The van der Waals surface area contributed by atoms with Gasteiger partial charge in [-0.1, -0.05) is 42.5 Å². The summed E-state index contributed by atoms with van der Waals surface area (Å²) in [6, 6.07) is 19.2. The van der Waals surface area contributed by atoms with Gasteiger partial charge in [0.05, 0.1) is 23.7 Å². The molecule has 0 radical (unpaired) electrons. The van der Waals surface area contributed by atoms with Crippen molar-refractivity contribution in [2.24, 2.45) is 0 Å². The molecule has 22 heavy (non-hydrogen) atoms. The maximum atomic E-state index is 12.7. The first-order valence-electron chi connectivity index (χ1n) is 7.05. The summed E-state index contributed by atoms with van der Waals surface area (Å²) in [4.78, 5) is 12.7. The molecule has 0 saturated carbocycles. The molecular formula is C18H14N2O2. The van der Waals surface area contributed by atoms with E-state index in [0.29, 0.717) is 11.1 Å². The first kappa shape index (κ1) is 12.7. The number of para-hydroxylation sites is 1. The minimum Gasteiger partial charge on any atom is -0.496 e. The summed E-state index contributed by atoms with van der Waals surface area (Å²) in [5, 5.41) is 5.81. The van der Waals surface area contributed by atoms with Crippen molar-refractivity contribution in [3.05, 3.63) is 71.0 Å². The Morgan fingerprint density at radius 2 is 1.59 bits per heavy atom. The van der Waals surface area contributed by atoms with Crippen LogP contribution in [0, 0.1) is 0 Å². The number of H-pyrrole nitrogens is 1. The fraction of sp³-hybridized carbons (Fsp3) is 0.0556. The van der Waals surface area contributed by atoms with E-state index in [4.69, 9.17) is 4.74 Å². The molecule has 0 spiro atoms. The summed E-state index contributed by atoms with van der Waals surface area (Å²) < 4.78 is 7.01. The Morgan fingerprint density at radius 1 is 0.909 bits per heavy atom. The smallest absolute Gasteiger partial charge is 0.279 e. The maximum Gasteiger partial charge on any atom is 0.279 e. The summed E-state index contributed by atoms with van der Waals surface area (Å²) in [7, 11) is 1.62. The van der Waals surface area contributed by atoms with Gasteiger partial charge in [0.1, 0.15) is 5.75 Å². The highest BCUT2D eigenvalue weighted by atomic mass is 16.5. The molecule has 0 unspecified atom stereocenters. The van der Waals surface area contributed by atoms with Gasteiger partial charge in [0.2, 0.25) is 0 Å². The van der Waals surface area contributed by atoms with Crippen molar-refractivity contribution in [2.75, 3.05) is 7.11 Å². The molecule has 108 valence electrons. The zero-order chi connectivity index (χ0) is 15.1. The first-order valence-corrected chi connectivity index (χ1v) is 7.05. The molecule has 3 aromatic carbocycles. The molecule has 0 fully saturated rings. The quantitative estimate of drug-likeness (QED) is 0.614. The second-order valence-electron chi connectivity index (χ2n) is 5.13. The van der Waals surface area contributed by atoms with E-state index in [0.717, 1.165) is 22.0 Å². The maximum absolute atomic E-state index is 12.7. The van der Waals surface area contributed by atoms with Gasteiger partial charge < -0.3 is 4.74 Å². The Morgan fingerprint density at radius 3 is 2.32 bits per heavy atom. The Bertz CT molecular complexity index is 1030. The van der Waals surface area contributed by atoms with E-state index in [-0.39, 0.29) is 5.56 Å². The number of hydrogen-bond donors (Lipinski definition) is 1. The zero-order valence-corrected chi connectivity index (χ0v) is 12.0. The number of hydrogen-bond acceptors (Lipinski definition) is 2. The topological polar surface area (TPSA) is 47.0 Å².